The van der Waals surface area contributed by atoms with Crippen LogP contribution >= 0.6 is 11.3 Å². The topological polar surface area (TPSA) is 54.6 Å². The fourth-order valence-corrected chi connectivity index (χ4v) is 2.91. The molecule has 1 saturated heterocycles. The number of hydrogen-bond donors (Lipinski definition) is 1. The maximum absolute atomic E-state index is 5.73. The van der Waals surface area contributed by atoms with Crippen molar-refractivity contribution < 1.29 is 4.74 Å². The molecule has 1 fully saturated rings. The van der Waals surface area contributed by atoms with Crippen LogP contribution in [0.3, 0.4) is 0 Å². The summed E-state index contributed by atoms with van der Waals surface area (Å²) in [6.07, 6.45) is 0. The molecule has 0 aliphatic carbocycles. The molecule has 0 aromatic carbocycles. The van der Waals surface area contributed by atoms with Gasteiger partial charge in [-0.1, -0.05) is 0 Å². The molecule has 17 heavy (non-hydrogen) atoms. The quantitative estimate of drug-likeness (QED) is 0.850. The summed E-state index contributed by atoms with van der Waals surface area (Å²) < 4.78 is 5.15. The van der Waals surface area contributed by atoms with Gasteiger partial charge in [0.2, 0.25) is 0 Å². The van der Waals surface area contributed by atoms with Crippen molar-refractivity contribution in [1.29, 1.82) is 0 Å². The summed E-state index contributed by atoms with van der Waals surface area (Å²) in [6.45, 7) is 5.37. The zero-order chi connectivity index (χ0) is 12.3. The SMILES string of the molecule is COCc1nc(N2CCN(C)CC2)sc1CN. The first kappa shape index (κ1) is 12.8. The molecule has 1 aromatic rings. The van der Waals surface area contributed by atoms with Gasteiger partial charge in [-0.15, -0.1) is 11.3 Å². The Hall–Kier alpha value is -0.690. The summed E-state index contributed by atoms with van der Waals surface area (Å²) in [4.78, 5) is 10.5. The minimum atomic E-state index is 0.546. The molecular formula is C11H20N4OS. The van der Waals surface area contributed by atoms with Crippen molar-refractivity contribution in [2.24, 2.45) is 5.73 Å². The number of likely N-dealkylation sites (N-methyl/N-ethyl adjacent to an activating group) is 1. The fraction of sp³-hybridized carbons (Fsp3) is 0.727. The van der Waals surface area contributed by atoms with Crippen LogP contribution in [0.5, 0.6) is 0 Å². The first-order valence-electron chi connectivity index (χ1n) is 5.85. The largest absolute Gasteiger partial charge is 0.378 e. The van der Waals surface area contributed by atoms with Crippen LogP contribution in [0, 0.1) is 0 Å². The van der Waals surface area contributed by atoms with E-state index in [-0.39, 0.29) is 0 Å². The molecule has 96 valence electrons. The Morgan fingerprint density at radius 3 is 2.65 bits per heavy atom. The van der Waals surface area contributed by atoms with Crippen molar-refractivity contribution >= 4 is 16.5 Å². The Morgan fingerprint density at radius 2 is 2.06 bits per heavy atom. The number of rotatable bonds is 4. The number of methoxy groups -OCH3 is 1. The van der Waals surface area contributed by atoms with E-state index in [0.717, 1.165) is 41.9 Å². The van der Waals surface area contributed by atoms with Crippen LogP contribution in [0.4, 0.5) is 5.13 Å². The summed E-state index contributed by atoms with van der Waals surface area (Å²) in [5, 5.41) is 1.09. The van der Waals surface area contributed by atoms with Crippen LogP contribution in [0.15, 0.2) is 0 Å². The van der Waals surface area contributed by atoms with Crippen molar-refractivity contribution in [3.05, 3.63) is 10.6 Å². The van der Waals surface area contributed by atoms with Gasteiger partial charge in [-0.05, 0) is 7.05 Å². The van der Waals surface area contributed by atoms with Crippen LogP contribution in [-0.4, -0.2) is 50.2 Å². The van der Waals surface area contributed by atoms with Crippen molar-refractivity contribution in [3.8, 4) is 0 Å². The van der Waals surface area contributed by atoms with Gasteiger partial charge in [0.25, 0.3) is 0 Å². The van der Waals surface area contributed by atoms with Crippen LogP contribution < -0.4 is 10.6 Å². The van der Waals surface area contributed by atoms with Crippen molar-refractivity contribution in [2.45, 2.75) is 13.2 Å². The Bertz CT molecular complexity index is 360. The third-order valence-electron chi connectivity index (χ3n) is 3.01. The smallest absolute Gasteiger partial charge is 0.185 e. The average molecular weight is 256 g/mol. The molecule has 1 aliphatic rings. The zero-order valence-electron chi connectivity index (χ0n) is 10.5. The molecule has 2 heterocycles. The number of thiazole rings is 1. The number of nitrogens with zero attached hydrogens (tertiary/aromatic N) is 3. The third kappa shape index (κ3) is 2.95. The van der Waals surface area contributed by atoms with Crippen LogP contribution in [-0.2, 0) is 17.9 Å². The Kier molecular flexibility index (Phi) is 4.33. The predicted octanol–water partition coefficient (Wildman–Crippen LogP) is 0.500. The van der Waals surface area contributed by atoms with E-state index in [1.54, 1.807) is 18.4 Å². The molecule has 0 atom stereocenters. The fourth-order valence-electron chi connectivity index (χ4n) is 1.91. The second-order valence-corrected chi connectivity index (χ2v) is 5.36. The first-order chi connectivity index (χ1) is 8.24. The van der Waals surface area contributed by atoms with Gasteiger partial charge < -0.3 is 20.3 Å². The lowest BCUT2D eigenvalue weighted by molar-refractivity contribution is 0.181. The lowest BCUT2D eigenvalue weighted by Crippen LogP contribution is -2.44. The van der Waals surface area contributed by atoms with Gasteiger partial charge in [0.15, 0.2) is 5.13 Å². The van der Waals surface area contributed by atoms with E-state index in [9.17, 15) is 0 Å². The van der Waals surface area contributed by atoms with Crippen molar-refractivity contribution in [3.63, 3.8) is 0 Å². The maximum atomic E-state index is 5.73. The molecule has 0 unspecified atom stereocenters. The summed E-state index contributed by atoms with van der Waals surface area (Å²) >= 11 is 1.70. The Morgan fingerprint density at radius 1 is 1.35 bits per heavy atom. The number of anilines is 1. The minimum Gasteiger partial charge on any atom is -0.378 e. The van der Waals surface area contributed by atoms with E-state index in [1.165, 1.54) is 0 Å². The molecule has 1 aromatic heterocycles. The molecule has 5 nitrogen and oxygen atoms in total. The lowest BCUT2D eigenvalue weighted by Gasteiger charge is -2.32. The predicted molar refractivity (Wildman–Crippen MR) is 70.4 cm³/mol. The van der Waals surface area contributed by atoms with Crippen molar-refractivity contribution in [2.75, 3.05) is 45.2 Å². The number of ether oxygens (including phenoxy) is 1. The summed E-state index contributed by atoms with van der Waals surface area (Å²) in [6, 6.07) is 0. The number of nitrogens with two attached hydrogens (primary N) is 1. The Labute approximate surface area is 106 Å². The normalized spacial score (nSPS) is 17.7. The highest BCUT2D eigenvalue weighted by molar-refractivity contribution is 7.15. The molecule has 0 bridgehead atoms. The highest BCUT2D eigenvalue weighted by Gasteiger charge is 2.19. The van der Waals surface area contributed by atoms with Gasteiger partial charge in [-0.3, -0.25) is 0 Å². The third-order valence-corrected chi connectivity index (χ3v) is 4.19. The molecule has 0 saturated carbocycles. The van der Waals surface area contributed by atoms with Gasteiger partial charge >= 0.3 is 0 Å². The molecular weight excluding hydrogens is 236 g/mol. The number of aromatic nitrogens is 1. The Balaban J connectivity index is 2.10. The molecule has 0 spiro atoms. The van der Waals surface area contributed by atoms with E-state index in [4.69, 9.17) is 10.5 Å². The molecule has 2 rings (SSSR count). The second-order valence-electron chi connectivity index (χ2n) is 4.29. The van der Waals surface area contributed by atoms with E-state index in [2.05, 4.69) is 21.8 Å². The first-order valence-corrected chi connectivity index (χ1v) is 6.67. The summed E-state index contributed by atoms with van der Waals surface area (Å²) in [7, 11) is 3.84. The van der Waals surface area contributed by atoms with E-state index in [0.29, 0.717) is 13.2 Å². The molecule has 1 aliphatic heterocycles. The van der Waals surface area contributed by atoms with Gasteiger partial charge in [0.1, 0.15) is 0 Å². The molecule has 0 radical (unpaired) electrons. The second kappa shape index (κ2) is 5.77. The monoisotopic (exact) mass is 256 g/mol. The van der Waals surface area contributed by atoms with E-state index < -0.39 is 0 Å². The van der Waals surface area contributed by atoms with Crippen molar-refractivity contribution in [1.82, 2.24) is 9.88 Å². The van der Waals surface area contributed by atoms with E-state index >= 15 is 0 Å². The summed E-state index contributed by atoms with van der Waals surface area (Å²) in [5.74, 6) is 0. The van der Waals surface area contributed by atoms with Gasteiger partial charge in [-0.25, -0.2) is 4.98 Å². The highest BCUT2D eigenvalue weighted by Crippen LogP contribution is 2.27. The number of piperazine rings is 1. The van der Waals surface area contributed by atoms with Gasteiger partial charge in [-0.2, -0.15) is 0 Å². The van der Waals surface area contributed by atoms with E-state index in [1.807, 2.05) is 0 Å². The summed E-state index contributed by atoms with van der Waals surface area (Å²) in [5.41, 5.74) is 6.73. The van der Waals surface area contributed by atoms with Crippen LogP contribution in [0.1, 0.15) is 10.6 Å². The molecule has 2 N–H and O–H groups in total. The zero-order valence-corrected chi connectivity index (χ0v) is 11.3. The molecule has 6 heteroatoms. The maximum Gasteiger partial charge on any atom is 0.185 e. The number of hydrogen-bond acceptors (Lipinski definition) is 6. The average Bonchev–Trinajstić information content (AvgIpc) is 2.74. The van der Waals surface area contributed by atoms with Gasteiger partial charge in [0, 0.05) is 44.7 Å². The van der Waals surface area contributed by atoms with Crippen LogP contribution in [0.25, 0.3) is 0 Å². The highest BCUT2D eigenvalue weighted by atomic mass is 32.1. The van der Waals surface area contributed by atoms with Crippen LogP contribution in [0.2, 0.25) is 0 Å². The van der Waals surface area contributed by atoms with Gasteiger partial charge in [0.05, 0.1) is 12.3 Å². The minimum absolute atomic E-state index is 0.546. The standard InChI is InChI=1S/C11H20N4OS/c1-14-3-5-15(6-4-14)11-13-9(8-16-2)10(7-12)17-11/h3-8,12H2,1-2H3. The lowest BCUT2D eigenvalue weighted by atomic mass is 10.3. The molecule has 0 amide bonds.